The maximum absolute atomic E-state index is 11.0. The van der Waals surface area contributed by atoms with Crippen LogP contribution in [0.3, 0.4) is 0 Å². The van der Waals surface area contributed by atoms with E-state index in [0.29, 0.717) is 17.6 Å². The Morgan fingerprint density at radius 2 is 2.16 bits per heavy atom. The zero-order chi connectivity index (χ0) is 14.1. The summed E-state index contributed by atoms with van der Waals surface area (Å²) in [6.45, 7) is 2.81. The topological polar surface area (TPSA) is 66.8 Å². The minimum atomic E-state index is -0.971. The van der Waals surface area contributed by atoms with Crippen LogP contribution in [0.5, 0.6) is 5.75 Å². The molecule has 0 saturated carbocycles. The lowest BCUT2D eigenvalue weighted by molar-refractivity contribution is 0.0692. The molecule has 2 N–H and O–H groups in total. The largest absolute Gasteiger partial charge is 0.493 e. The molecule has 0 amide bonds. The van der Waals surface area contributed by atoms with Crippen molar-refractivity contribution in [1.82, 2.24) is 0 Å². The molecule has 0 aliphatic heterocycles. The van der Waals surface area contributed by atoms with Crippen LogP contribution in [0.2, 0.25) is 0 Å². The van der Waals surface area contributed by atoms with E-state index in [1.165, 1.54) is 6.07 Å². The SMILES string of the molecule is CC(CCO)SCCCOc1ccccc1C(=O)O. The molecule has 0 bridgehead atoms. The normalized spacial score (nSPS) is 12.1. The lowest BCUT2D eigenvalue weighted by atomic mass is 10.2. The second-order valence-electron chi connectivity index (χ2n) is 4.20. The van der Waals surface area contributed by atoms with Gasteiger partial charge in [0.1, 0.15) is 11.3 Å². The fraction of sp³-hybridized carbons (Fsp3) is 0.500. The molecule has 1 aromatic rings. The minimum absolute atomic E-state index is 0.198. The molecule has 1 unspecified atom stereocenters. The van der Waals surface area contributed by atoms with Gasteiger partial charge in [0.15, 0.2) is 0 Å². The van der Waals surface area contributed by atoms with E-state index in [9.17, 15) is 4.79 Å². The van der Waals surface area contributed by atoms with Crippen LogP contribution in [0.1, 0.15) is 30.1 Å². The van der Waals surface area contributed by atoms with Crippen molar-refractivity contribution in [3.8, 4) is 5.75 Å². The molecule has 0 heterocycles. The predicted molar refractivity (Wildman–Crippen MR) is 77.1 cm³/mol. The van der Waals surface area contributed by atoms with Crippen molar-refractivity contribution < 1.29 is 19.7 Å². The summed E-state index contributed by atoms with van der Waals surface area (Å²) < 4.78 is 5.50. The molecule has 0 aliphatic carbocycles. The number of hydrogen-bond donors (Lipinski definition) is 2. The number of aliphatic hydroxyl groups is 1. The van der Waals surface area contributed by atoms with Gasteiger partial charge >= 0.3 is 5.97 Å². The second-order valence-corrected chi connectivity index (χ2v) is 5.74. The van der Waals surface area contributed by atoms with Crippen molar-refractivity contribution in [1.29, 1.82) is 0 Å². The van der Waals surface area contributed by atoms with E-state index < -0.39 is 5.97 Å². The number of aromatic carboxylic acids is 1. The van der Waals surface area contributed by atoms with Crippen molar-refractivity contribution in [3.63, 3.8) is 0 Å². The van der Waals surface area contributed by atoms with Gasteiger partial charge in [0, 0.05) is 11.9 Å². The van der Waals surface area contributed by atoms with E-state index in [0.717, 1.165) is 18.6 Å². The Morgan fingerprint density at radius 1 is 1.42 bits per heavy atom. The molecule has 1 atom stereocenters. The number of rotatable bonds is 9. The molecule has 1 rings (SSSR count). The number of thioether (sulfide) groups is 1. The first-order valence-corrected chi connectivity index (χ1v) is 7.37. The number of para-hydroxylation sites is 1. The van der Waals surface area contributed by atoms with Gasteiger partial charge < -0.3 is 14.9 Å². The van der Waals surface area contributed by atoms with Gasteiger partial charge in [-0.15, -0.1) is 0 Å². The summed E-state index contributed by atoms with van der Waals surface area (Å²) in [5, 5.41) is 18.2. The van der Waals surface area contributed by atoms with Gasteiger partial charge in [-0.2, -0.15) is 11.8 Å². The van der Waals surface area contributed by atoms with Crippen LogP contribution in [0.25, 0.3) is 0 Å². The summed E-state index contributed by atoms with van der Waals surface area (Å²) in [6, 6.07) is 6.66. The van der Waals surface area contributed by atoms with Crippen LogP contribution in [0, 0.1) is 0 Å². The van der Waals surface area contributed by atoms with E-state index >= 15 is 0 Å². The second kappa shape index (κ2) is 8.82. The van der Waals surface area contributed by atoms with Crippen molar-refractivity contribution >= 4 is 17.7 Å². The van der Waals surface area contributed by atoms with Crippen LogP contribution >= 0.6 is 11.8 Å². The smallest absolute Gasteiger partial charge is 0.339 e. The van der Waals surface area contributed by atoms with Gasteiger partial charge in [-0.05, 0) is 30.7 Å². The van der Waals surface area contributed by atoms with E-state index in [1.54, 1.807) is 30.0 Å². The number of carboxylic acid groups (broad SMARTS) is 1. The molecule has 0 aromatic heterocycles. The summed E-state index contributed by atoms with van der Waals surface area (Å²) in [4.78, 5) is 11.0. The standard InChI is InChI=1S/C14H20O4S/c1-11(7-8-15)19-10-4-9-18-13-6-3-2-5-12(13)14(16)17/h2-3,5-6,11,15H,4,7-10H2,1H3,(H,16,17). The first kappa shape index (κ1) is 15.9. The van der Waals surface area contributed by atoms with E-state index in [1.807, 2.05) is 0 Å². The Labute approximate surface area is 117 Å². The number of benzene rings is 1. The average Bonchev–Trinajstić information content (AvgIpc) is 2.39. The number of aliphatic hydroxyl groups excluding tert-OH is 1. The van der Waals surface area contributed by atoms with Crippen LogP contribution < -0.4 is 4.74 Å². The van der Waals surface area contributed by atoms with Crippen LogP contribution in [-0.2, 0) is 0 Å². The zero-order valence-electron chi connectivity index (χ0n) is 11.0. The summed E-state index contributed by atoms with van der Waals surface area (Å²) >= 11 is 1.79. The average molecular weight is 284 g/mol. The molecule has 0 aliphatic rings. The highest BCUT2D eigenvalue weighted by Gasteiger charge is 2.09. The zero-order valence-corrected chi connectivity index (χ0v) is 11.9. The first-order chi connectivity index (χ1) is 9.15. The molecular formula is C14H20O4S. The Balaban J connectivity index is 2.28. The highest BCUT2D eigenvalue weighted by atomic mass is 32.2. The quantitative estimate of drug-likeness (QED) is 0.682. The number of carboxylic acids is 1. The summed E-state index contributed by atoms with van der Waals surface area (Å²) in [5.74, 6) is 0.390. The van der Waals surface area contributed by atoms with E-state index in [4.69, 9.17) is 14.9 Å². The number of carbonyl (C=O) groups is 1. The molecule has 5 heteroatoms. The maximum atomic E-state index is 11.0. The predicted octanol–water partition coefficient (Wildman–Crippen LogP) is 2.66. The molecule has 4 nitrogen and oxygen atoms in total. The van der Waals surface area contributed by atoms with Crippen molar-refractivity contribution in [3.05, 3.63) is 29.8 Å². The summed E-state index contributed by atoms with van der Waals surface area (Å²) in [5.41, 5.74) is 0.198. The number of hydrogen-bond acceptors (Lipinski definition) is 4. The lowest BCUT2D eigenvalue weighted by Gasteiger charge is -2.11. The summed E-state index contributed by atoms with van der Waals surface area (Å²) in [6.07, 6.45) is 1.65. The van der Waals surface area contributed by atoms with Gasteiger partial charge in [-0.1, -0.05) is 19.1 Å². The third-order valence-electron chi connectivity index (χ3n) is 2.60. The Hall–Kier alpha value is -1.20. The molecule has 106 valence electrons. The monoisotopic (exact) mass is 284 g/mol. The number of ether oxygens (including phenoxy) is 1. The van der Waals surface area contributed by atoms with Crippen LogP contribution in [0.4, 0.5) is 0 Å². The molecule has 0 fully saturated rings. The molecule has 1 aromatic carbocycles. The molecule has 0 saturated heterocycles. The van der Waals surface area contributed by atoms with Crippen molar-refractivity contribution in [2.75, 3.05) is 19.0 Å². The third-order valence-corrected chi connectivity index (χ3v) is 3.93. The Kier molecular flexibility index (Phi) is 7.36. The van der Waals surface area contributed by atoms with Gasteiger partial charge in [0.05, 0.1) is 6.61 Å². The van der Waals surface area contributed by atoms with Crippen LogP contribution in [-0.4, -0.2) is 40.4 Å². The Bertz CT molecular complexity index is 395. The van der Waals surface area contributed by atoms with Gasteiger partial charge in [0.25, 0.3) is 0 Å². The van der Waals surface area contributed by atoms with Crippen molar-refractivity contribution in [2.24, 2.45) is 0 Å². The Morgan fingerprint density at radius 3 is 2.84 bits per heavy atom. The van der Waals surface area contributed by atoms with Crippen LogP contribution in [0.15, 0.2) is 24.3 Å². The molecular weight excluding hydrogens is 264 g/mol. The highest BCUT2D eigenvalue weighted by Crippen LogP contribution is 2.19. The van der Waals surface area contributed by atoms with Crippen molar-refractivity contribution in [2.45, 2.75) is 25.0 Å². The molecule has 19 heavy (non-hydrogen) atoms. The van der Waals surface area contributed by atoms with E-state index in [2.05, 4.69) is 6.92 Å². The molecule has 0 radical (unpaired) electrons. The highest BCUT2D eigenvalue weighted by molar-refractivity contribution is 7.99. The van der Waals surface area contributed by atoms with Gasteiger partial charge in [-0.3, -0.25) is 0 Å². The fourth-order valence-electron chi connectivity index (χ4n) is 1.56. The first-order valence-electron chi connectivity index (χ1n) is 6.32. The fourth-order valence-corrected chi connectivity index (χ4v) is 2.52. The maximum Gasteiger partial charge on any atom is 0.339 e. The van der Waals surface area contributed by atoms with Gasteiger partial charge in [0.2, 0.25) is 0 Å². The lowest BCUT2D eigenvalue weighted by Crippen LogP contribution is -2.06. The minimum Gasteiger partial charge on any atom is -0.493 e. The summed E-state index contributed by atoms with van der Waals surface area (Å²) in [7, 11) is 0. The van der Waals surface area contributed by atoms with Gasteiger partial charge in [-0.25, -0.2) is 4.79 Å². The third kappa shape index (κ3) is 5.98. The van der Waals surface area contributed by atoms with E-state index in [-0.39, 0.29) is 12.2 Å². The molecule has 0 spiro atoms.